The van der Waals surface area contributed by atoms with Gasteiger partial charge >= 0.3 is 0 Å². The Morgan fingerprint density at radius 2 is 1.44 bits per heavy atom. The number of rotatable bonds is 0. The summed E-state index contributed by atoms with van der Waals surface area (Å²) in [5, 5.41) is 8.78. The first-order valence-corrected chi connectivity index (χ1v) is 5.24. The second-order valence-corrected chi connectivity index (χ2v) is 3.62. The number of carbonyl (C=O) groups excluding carboxylic acids is 1. The van der Waals surface area contributed by atoms with Gasteiger partial charge in [0.15, 0.2) is 18.4 Å². The van der Waals surface area contributed by atoms with Gasteiger partial charge in [0.25, 0.3) is 0 Å². The molecule has 1 N–H and O–H groups in total. The number of aliphatic hydroxyl groups excluding tert-OH is 1. The van der Waals surface area contributed by atoms with E-state index in [2.05, 4.69) is 0 Å². The van der Waals surface area contributed by atoms with Crippen LogP contribution in [0, 0.1) is 0 Å². The van der Waals surface area contributed by atoms with Gasteiger partial charge in [-0.05, 0) is 13.8 Å². The van der Waals surface area contributed by atoms with Crippen LogP contribution in [-0.2, 0) is 23.7 Å². The number of ether oxygens (including phenoxy) is 4. The fourth-order valence-corrected chi connectivity index (χ4v) is 1.10. The highest BCUT2D eigenvalue weighted by molar-refractivity contribution is 5.81. The minimum absolute atomic E-state index is 0.0168. The van der Waals surface area contributed by atoms with Crippen LogP contribution in [0.4, 0.5) is 0 Å². The average Bonchev–Trinajstić information content (AvgIpc) is 2.28. The topological polar surface area (TPSA) is 74.2 Å². The minimum Gasteiger partial charge on any atom is -0.388 e. The molecular formula is C10H18O6. The molecule has 0 aliphatic carbocycles. The van der Waals surface area contributed by atoms with E-state index in [9.17, 15) is 4.79 Å². The number of hydrogen-bond donors (Lipinski definition) is 1. The van der Waals surface area contributed by atoms with Gasteiger partial charge in [0.05, 0.1) is 13.2 Å². The molecule has 0 bridgehead atoms. The van der Waals surface area contributed by atoms with Crippen molar-refractivity contribution in [3.8, 4) is 0 Å². The first kappa shape index (κ1) is 13.5. The van der Waals surface area contributed by atoms with Crippen molar-refractivity contribution in [2.75, 3.05) is 26.4 Å². The molecule has 0 aromatic carbocycles. The zero-order valence-electron chi connectivity index (χ0n) is 9.55. The van der Waals surface area contributed by atoms with E-state index in [0.29, 0.717) is 13.2 Å². The van der Waals surface area contributed by atoms with Gasteiger partial charge in [0.1, 0.15) is 19.3 Å². The number of ketones is 1. The molecule has 2 fully saturated rings. The van der Waals surface area contributed by atoms with E-state index in [1.165, 1.54) is 0 Å². The molecule has 2 heterocycles. The lowest BCUT2D eigenvalue weighted by Crippen LogP contribution is -2.33. The van der Waals surface area contributed by atoms with E-state index in [1.807, 2.05) is 6.92 Å². The first-order valence-electron chi connectivity index (χ1n) is 5.24. The van der Waals surface area contributed by atoms with Crippen molar-refractivity contribution in [2.24, 2.45) is 0 Å². The summed E-state index contributed by atoms with van der Waals surface area (Å²) in [6, 6.07) is 0. The number of carbonyl (C=O) groups is 1. The van der Waals surface area contributed by atoms with Gasteiger partial charge in [0, 0.05) is 0 Å². The van der Waals surface area contributed by atoms with Gasteiger partial charge in [0.2, 0.25) is 0 Å². The molecular weight excluding hydrogens is 216 g/mol. The van der Waals surface area contributed by atoms with Crippen LogP contribution in [0.15, 0.2) is 0 Å². The smallest absolute Gasteiger partial charge is 0.184 e. The van der Waals surface area contributed by atoms with Gasteiger partial charge in [-0.2, -0.15) is 0 Å². The highest BCUT2D eigenvalue weighted by atomic mass is 16.7. The van der Waals surface area contributed by atoms with Crippen LogP contribution in [0.25, 0.3) is 0 Å². The Kier molecular flexibility index (Phi) is 5.86. The van der Waals surface area contributed by atoms with Crippen molar-refractivity contribution in [1.29, 1.82) is 0 Å². The Morgan fingerprint density at radius 3 is 1.81 bits per heavy atom. The van der Waals surface area contributed by atoms with E-state index in [4.69, 9.17) is 24.1 Å². The molecule has 2 rings (SSSR count). The summed E-state index contributed by atoms with van der Waals surface area (Å²) < 4.78 is 19.5. The van der Waals surface area contributed by atoms with Crippen LogP contribution >= 0.6 is 0 Å². The largest absolute Gasteiger partial charge is 0.388 e. The summed E-state index contributed by atoms with van der Waals surface area (Å²) in [5.41, 5.74) is 0. The molecule has 6 heteroatoms. The lowest BCUT2D eigenvalue weighted by atomic mass is 10.4. The summed E-state index contributed by atoms with van der Waals surface area (Å²) in [6.45, 7) is 4.81. The fourth-order valence-electron chi connectivity index (χ4n) is 1.10. The van der Waals surface area contributed by atoms with E-state index < -0.39 is 6.10 Å². The second kappa shape index (κ2) is 6.93. The maximum atomic E-state index is 10.4. The standard InChI is InChI=1S/C5H10O3.C5H8O3/c2*1-4-7-2-5(6)3-8-4/h4-6H,2-3H2,1H3;4H,2-3H2,1H3. The predicted octanol–water partition coefficient (Wildman–Crippen LogP) is -0.312. The maximum absolute atomic E-state index is 10.4. The Morgan fingerprint density at radius 1 is 1.00 bits per heavy atom. The molecule has 0 saturated carbocycles. The summed E-state index contributed by atoms with van der Waals surface area (Å²) >= 11 is 0. The summed E-state index contributed by atoms with van der Waals surface area (Å²) in [7, 11) is 0. The highest BCUT2D eigenvalue weighted by Crippen LogP contribution is 2.02. The molecule has 16 heavy (non-hydrogen) atoms. The van der Waals surface area contributed by atoms with Gasteiger partial charge in [-0.3, -0.25) is 4.79 Å². The Balaban J connectivity index is 0.000000160. The maximum Gasteiger partial charge on any atom is 0.184 e. The van der Waals surface area contributed by atoms with Crippen molar-refractivity contribution < 1.29 is 28.8 Å². The number of aliphatic hydroxyl groups is 1. The molecule has 94 valence electrons. The molecule has 0 amide bonds. The number of Topliss-reactive ketones (excluding diaryl/α,β-unsaturated/α-hetero) is 1. The van der Waals surface area contributed by atoms with Crippen molar-refractivity contribution in [3.63, 3.8) is 0 Å². The lowest BCUT2D eigenvalue weighted by molar-refractivity contribution is -0.207. The number of hydrogen-bond acceptors (Lipinski definition) is 6. The van der Waals surface area contributed by atoms with Crippen molar-refractivity contribution in [2.45, 2.75) is 32.5 Å². The molecule has 2 aliphatic heterocycles. The Bertz CT molecular complexity index is 191. The molecule has 0 atom stereocenters. The van der Waals surface area contributed by atoms with Gasteiger partial charge in [-0.15, -0.1) is 0 Å². The molecule has 0 radical (unpaired) electrons. The molecule has 0 aromatic rings. The highest BCUT2D eigenvalue weighted by Gasteiger charge is 2.15. The third-order valence-corrected chi connectivity index (χ3v) is 2.00. The zero-order chi connectivity index (χ0) is 12.0. The van der Waals surface area contributed by atoms with E-state index >= 15 is 0 Å². The predicted molar refractivity (Wildman–Crippen MR) is 53.7 cm³/mol. The van der Waals surface area contributed by atoms with Crippen LogP contribution in [-0.4, -0.2) is 56.0 Å². The average molecular weight is 234 g/mol. The van der Waals surface area contributed by atoms with Gasteiger partial charge in [-0.1, -0.05) is 0 Å². The summed E-state index contributed by atoms with van der Waals surface area (Å²) in [6.07, 6.45) is -0.766. The van der Waals surface area contributed by atoms with Crippen LogP contribution in [0.3, 0.4) is 0 Å². The third-order valence-electron chi connectivity index (χ3n) is 2.00. The molecule has 0 aromatic heterocycles. The molecule has 6 nitrogen and oxygen atoms in total. The van der Waals surface area contributed by atoms with Crippen molar-refractivity contribution in [1.82, 2.24) is 0 Å². The molecule has 0 spiro atoms. The zero-order valence-corrected chi connectivity index (χ0v) is 9.55. The Hall–Kier alpha value is -0.530. The summed E-state index contributed by atoms with van der Waals surface area (Å²) in [4.78, 5) is 10.4. The van der Waals surface area contributed by atoms with E-state index in [1.54, 1.807) is 6.92 Å². The quantitative estimate of drug-likeness (QED) is 0.619. The lowest BCUT2D eigenvalue weighted by Gasteiger charge is -2.23. The molecule has 0 unspecified atom stereocenters. The molecule has 2 aliphatic rings. The summed E-state index contributed by atoms with van der Waals surface area (Å²) in [5.74, 6) is 0.0168. The Labute approximate surface area is 94.4 Å². The van der Waals surface area contributed by atoms with E-state index in [0.717, 1.165) is 0 Å². The monoisotopic (exact) mass is 234 g/mol. The van der Waals surface area contributed by atoms with Crippen LogP contribution in [0.1, 0.15) is 13.8 Å². The van der Waals surface area contributed by atoms with Crippen molar-refractivity contribution >= 4 is 5.78 Å². The van der Waals surface area contributed by atoms with E-state index in [-0.39, 0.29) is 31.6 Å². The van der Waals surface area contributed by atoms with Crippen LogP contribution in [0.5, 0.6) is 0 Å². The minimum atomic E-state index is -0.425. The SMILES string of the molecule is CC1OCC(=O)CO1.CC1OCC(O)CO1. The molecule has 2 saturated heterocycles. The third kappa shape index (κ3) is 5.53. The van der Waals surface area contributed by atoms with Crippen LogP contribution in [0.2, 0.25) is 0 Å². The fraction of sp³-hybridized carbons (Fsp3) is 0.900. The second-order valence-electron chi connectivity index (χ2n) is 3.62. The van der Waals surface area contributed by atoms with Crippen molar-refractivity contribution in [3.05, 3.63) is 0 Å². The normalized spacial score (nSPS) is 31.8. The van der Waals surface area contributed by atoms with Gasteiger partial charge in [-0.25, -0.2) is 0 Å². The first-order chi connectivity index (χ1) is 7.58. The van der Waals surface area contributed by atoms with Gasteiger partial charge < -0.3 is 24.1 Å². The van der Waals surface area contributed by atoms with Crippen LogP contribution < -0.4 is 0 Å².